The zero-order valence-corrected chi connectivity index (χ0v) is 8.55. The van der Waals surface area contributed by atoms with E-state index in [1.807, 2.05) is 0 Å². The van der Waals surface area contributed by atoms with Crippen LogP contribution in [0.25, 0.3) is 5.70 Å². The van der Waals surface area contributed by atoms with Gasteiger partial charge in [-0.1, -0.05) is 11.6 Å². The molecule has 80 valence electrons. The normalized spacial score (nSPS) is 29.4. The molecule has 4 nitrogen and oxygen atoms in total. The summed E-state index contributed by atoms with van der Waals surface area (Å²) in [6.45, 7) is 0. The molecule has 3 saturated carbocycles. The Kier molecular flexibility index (Phi) is 1.28. The zero-order chi connectivity index (χ0) is 10.9. The highest BCUT2D eigenvalue weighted by atomic mass is 16.4. The Morgan fingerprint density at radius 3 is 2.88 bits per heavy atom. The summed E-state index contributed by atoms with van der Waals surface area (Å²) in [4.78, 5) is 10.8. The van der Waals surface area contributed by atoms with Gasteiger partial charge < -0.3 is 5.11 Å². The maximum absolute atomic E-state index is 10.8. The highest BCUT2D eigenvalue weighted by molar-refractivity contribution is 5.85. The molecule has 5 rings (SSSR count). The van der Waals surface area contributed by atoms with Gasteiger partial charge in [-0.05, 0) is 18.1 Å². The van der Waals surface area contributed by atoms with E-state index in [-0.39, 0.29) is 5.69 Å². The zero-order valence-electron chi connectivity index (χ0n) is 8.55. The SMILES string of the molecule is O=C(O)c1ccn(C2=C3C4CC3C4=CC2)n1. The van der Waals surface area contributed by atoms with Gasteiger partial charge in [0.15, 0.2) is 5.69 Å². The summed E-state index contributed by atoms with van der Waals surface area (Å²) in [5.74, 6) is 0.382. The van der Waals surface area contributed by atoms with Crippen molar-refractivity contribution in [3.8, 4) is 0 Å². The number of carboxylic acids is 1. The Balaban J connectivity index is 1.76. The van der Waals surface area contributed by atoms with Crippen LogP contribution in [0.5, 0.6) is 0 Å². The third-order valence-electron chi connectivity index (χ3n) is 3.98. The largest absolute Gasteiger partial charge is 0.476 e. The van der Waals surface area contributed by atoms with Gasteiger partial charge in [0.25, 0.3) is 0 Å². The average Bonchev–Trinajstić information content (AvgIpc) is 2.62. The van der Waals surface area contributed by atoms with Crippen molar-refractivity contribution in [1.82, 2.24) is 9.78 Å². The molecule has 4 aliphatic rings. The molecule has 1 aromatic rings. The minimum Gasteiger partial charge on any atom is -0.476 e. The molecule has 0 amide bonds. The molecule has 1 N–H and O–H groups in total. The number of aromatic nitrogens is 2. The van der Waals surface area contributed by atoms with E-state index in [2.05, 4.69) is 11.2 Å². The van der Waals surface area contributed by atoms with Crippen molar-refractivity contribution in [2.75, 3.05) is 0 Å². The third-order valence-corrected chi connectivity index (χ3v) is 3.98. The van der Waals surface area contributed by atoms with E-state index < -0.39 is 5.97 Å². The van der Waals surface area contributed by atoms with Crippen molar-refractivity contribution < 1.29 is 9.90 Å². The predicted octanol–water partition coefficient (Wildman–Crippen LogP) is 1.77. The van der Waals surface area contributed by atoms with Crippen molar-refractivity contribution >= 4 is 11.7 Å². The molecule has 0 radical (unpaired) electrons. The number of hydrogen-bond acceptors (Lipinski definition) is 2. The quantitative estimate of drug-likeness (QED) is 0.763. The Bertz CT molecular complexity index is 566. The van der Waals surface area contributed by atoms with Crippen LogP contribution in [0.4, 0.5) is 0 Å². The Hall–Kier alpha value is -1.84. The monoisotopic (exact) mass is 214 g/mol. The van der Waals surface area contributed by atoms with E-state index >= 15 is 0 Å². The van der Waals surface area contributed by atoms with Gasteiger partial charge in [-0.2, -0.15) is 5.10 Å². The van der Waals surface area contributed by atoms with Gasteiger partial charge in [0.1, 0.15) is 0 Å². The Morgan fingerprint density at radius 1 is 1.50 bits per heavy atom. The first-order valence-electron chi connectivity index (χ1n) is 5.48. The maximum Gasteiger partial charge on any atom is 0.356 e. The molecular weight excluding hydrogens is 204 g/mol. The van der Waals surface area contributed by atoms with E-state index in [9.17, 15) is 4.79 Å². The number of carboxylic acid groups (broad SMARTS) is 1. The lowest BCUT2D eigenvalue weighted by Crippen LogP contribution is -2.48. The van der Waals surface area contributed by atoms with Crippen LogP contribution in [0.2, 0.25) is 0 Å². The van der Waals surface area contributed by atoms with Crippen LogP contribution < -0.4 is 0 Å². The number of nitrogens with zero attached hydrogens (tertiary/aromatic N) is 2. The molecule has 16 heavy (non-hydrogen) atoms. The standard InChI is InChI=1S/C12H10N2O2/c15-12(16)9-3-4-14(13-9)10-2-1-6-7-5-8(6)11(7)10/h1,3-4,7-8H,2,5H2,(H,15,16). The third kappa shape index (κ3) is 0.777. The van der Waals surface area contributed by atoms with Gasteiger partial charge in [-0.3, -0.25) is 0 Å². The van der Waals surface area contributed by atoms with Crippen LogP contribution in [-0.2, 0) is 0 Å². The molecule has 1 aromatic heterocycles. The Morgan fingerprint density at radius 2 is 2.31 bits per heavy atom. The minimum absolute atomic E-state index is 0.121. The van der Waals surface area contributed by atoms with E-state index in [0.29, 0.717) is 11.8 Å². The van der Waals surface area contributed by atoms with Crippen molar-refractivity contribution in [3.63, 3.8) is 0 Å². The molecule has 3 fully saturated rings. The van der Waals surface area contributed by atoms with Crippen molar-refractivity contribution in [2.45, 2.75) is 12.8 Å². The smallest absolute Gasteiger partial charge is 0.356 e. The van der Waals surface area contributed by atoms with E-state index in [0.717, 1.165) is 6.42 Å². The van der Waals surface area contributed by atoms with Crippen LogP contribution in [0.15, 0.2) is 29.5 Å². The first-order chi connectivity index (χ1) is 7.75. The van der Waals surface area contributed by atoms with Gasteiger partial charge in [0.2, 0.25) is 0 Å². The topological polar surface area (TPSA) is 55.1 Å². The van der Waals surface area contributed by atoms with Crippen molar-refractivity contribution in [1.29, 1.82) is 0 Å². The molecule has 4 aliphatic carbocycles. The van der Waals surface area contributed by atoms with Crippen molar-refractivity contribution in [3.05, 3.63) is 35.2 Å². The Labute approximate surface area is 91.9 Å². The second-order valence-corrected chi connectivity index (χ2v) is 4.60. The number of allylic oxidation sites excluding steroid dienone is 4. The molecule has 2 atom stereocenters. The van der Waals surface area contributed by atoms with Crippen molar-refractivity contribution in [2.24, 2.45) is 11.8 Å². The van der Waals surface area contributed by atoms with E-state index in [1.54, 1.807) is 22.5 Å². The molecule has 4 heteroatoms. The van der Waals surface area contributed by atoms with Crippen LogP contribution in [0.1, 0.15) is 23.3 Å². The lowest BCUT2D eigenvalue weighted by molar-refractivity contribution is 0.0690. The average molecular weight is 214 g/mol. The molecule has 0 aliphatic heterocycles. The predicted molar refractivity (Wildman–Crippen MR) is 56.7 cm³/mol. The second-order valence-electron chi connectivity index (χ2n) is 4.60. The van der Waals surface area contributed by atoms with Gasteiger partial charge >= 0.3 is 5.97 Å². The minimum atomic E-state index is -0.963. The summed E-state index contributed by atoms with van der Waals surface area (Å²) in [5, 5.41) is 12.9. The first kappa shape index (κ1) is 8.33. The lowest BCUT2D eigenvalue weighted by atomic mass is 9.46. The number of hydrogen-bond donors (Lipinski definition) is 1. The van der Waals surface area contributed by atoms with Gasteiger partial charge in [-0.25, -0.2) is 9.48 Å². The van der Waals surface area contributed by atoms with Gasteiger partial charge in [-0.15, -0.1) is 0 Å². The summed E-state index contributed by atoms with van der Waals surface area (Å²) in [5.41, 5.74) is 4.42. The lowest BCUT2D eigenvalue weighted by Gasteiger charge is -2.59. The highest BCUT2D eigenvalue weighted by Crippen LogP contribution is 2.66. The summed E-state index contributed by atoms with van der Waals surface area (Å²) in [6.07, 6.45) is 6.22. The molecular formula is C12H10N2O2. The number of aromatic carboxylic acids is 1. The summed E-state index contributed by atoms with van der Waals surface area (Å²) in [6, 6.07) is 1.55. The molecule has 1 heterocycles. The fourth-order valence-electron chi connectivity index (χ4n) is 3.02. The fraction of sp³-hybridized carbons (Fsp3) is 0.333. The van der Waals surface area contributed by atoms with E-state index in [4.69, 9.17) is 5.11 Å². The van der Waals surface area contributed by atoms with Crippen LogP contribution in [-0.4, -0.2) is 20.9 Å². The summed E-state index contributed by atoms with van der Waals surface area (Å²) in [7, 11) is 0. The van der Waals surface area contributed by atoms with Gasteiger partial charge in [0, 0.05) is 30.2 Å². The molecule has 4 bridgehead atoms. The molecule has 0 aromatic carbocycles. The van der Waals surface area contributed by atoms with Crippen LogP contribution in [0.3, 0.4) is 0 Å². The van der Waals surface area contributed by atoms with E-state index in [1.165, 1.54) is 17.7 Å². The summed E-state index contributed by atoms with van der Waals surface area (Å²) >= 11 is 0. The van der Waals surface area contributed by atoms with Crippen LogP contribution >= 0.6 is 0 Å². The second kappa shape index (κ2) is 2.45. The molecule has 0 spiro atoms. The first-order valence-corrected chi connectivity index (χ1v) is 5.48. The van der Waals surface area contributed by atoms with Crippen LogP contribution in [0, 0.1) is 11.8 Å². The number of carbonyl (C=O) groups is 1. The summed E-state index contributed by atoms with van der Waals surface area (Å²) < 4.78 is 1.74. The molecule has 0 saturated heterocycles. The molecule has 2 unspecified atom stereocenters. The maximum atomic E-state index is 10.8. The van der Waals surface area contributed by atoms with Gasteiger partial charge in [0.05, 0.1) is 0 Å². The number of rotatable bonds is 2. The fourth-order valence-corrected chi connectivity index (χ4v) is 3.02. The highest BCUT2D eigenvalue weighted by Gasteiger charge is 2.55.